The van der Waals surface area contributed by atoms with Crippen molar-refractivity contribution in [1.29, 1.82) is 0 Å². The van der Waals surface area contributed by atoms with Gasteiger partial charge in [-0.2, -0.15) is 0 Å². The standard InChI is InChI=1S/C13H18ClN3OS/c1-8-6-17(7-9(2)18-8)12-4-3-10(5-11(12)14)16-13(15)19/h3-5,8-9H,6-7H2,1-2H3,(H3,15,16,19). The highest BCUT2D eigenvalue weighted by atomic mass is 35.5. The van der Waals surface area contributed by atoms with E-state index in [1.165, 1.54) is 0 Å². The van der Waals surface area contributed by atoms with E-state index in [2.05, 4.69) is 24.1 Å². The van der Waals surface area contributed by atoms with E-state index in [1.807, 2.05) is 18.2 Å². The largest absolute Gasteiger partial charge is 0.376 e. The van der Waals surface area contributed by atoms with E-state index in [9.17, 15) is 0 Å². The van der Waals surface area contributed by atoms with E-state index in [1.54, 1.807) is 0 Å². The SMILES string of the molecule is CC1CN(c2ccc(NC(N)=S)cc2Cl)CC(C)O1. The first kappa shape index (κ1) is 14.4. The number of morpholine rings is 1. The number of nitrogens with two attached hydrogens (primary N) is 1. The van der Waals surface area contributed by atoms with Crippen molar-refractivity contribution in [3.05, 3.63) is 23.2 Å². The van der Waals surface area contributed by atoms with Gasteiger partial charge in [-0.05, 0) is 44.3 Å². The number of nitrogens with one attached hydrogen (secondary N) is 1. The molecule has 2 atom stereocenters. The van der Waals surface area contributed by atoms with Gasteiger partial charge in [0.2, 0.25) is 0 Å². The van der Waals surface area contributed by atoms with Crippen molar-refractivity contribution in [3.63, 3.8) is 0 Å². The number of ether oxygens (including phenoxy) is 1. The molecule has 0 spiro atoms. The summed E-state index contributed by atoms with van der Waals surface area (Å²) in [6.45, 7) is 5.82. The van der Waals surface area contributed by atoms with Crippen LogP contribution < -0.4 is 16.0 Å². The van der Waals surface area contributed by atoms with Crippen LogP contribution in [0.15, 0.2) is 18.2 Å². The summed E-state index contributed by atoms with van der Waals surface area (Å²) in [6.07, 6.45) is 0.406. The van der Waals surface area contributed by atoms with Gasteiger partial charge in [0.05, 0.1) is 22.9 Å². The van der Waals surface area contributed by atoms with Gasteiger partial charge in [0.1, 0.15) is 0 Å². The molecular weight excluding hydrogens is 282 g/mol. The Hall–Kier alpha value is -1.04. The number of rotatable bonds is 2. The maximum Gasteiger partial charge on any atom is 0.168 e. The highest BCUT2D eigenvalue weighted by molar-refractivity contribution is 7.80. The smallest absolute Gasteiger partial charge is 0.168 e. The molecule has 1 aliphatic heterocycles. The third-order valence-electron chi connectivity index (χ3n) is 2.98. The number of anilines is 2. The molecule has 104 valence electrons. The summed E-state index contributed by atoms with van der Waals surface area (Å²) in [7, 11) is 0. The Bertz CT molecular complexity index is 473. The van der Waals surface area contributed by atoms with Gasteiger partial charge in [-0.15, -0.1) is 0 Å². The highest BCUT2D eigenvalue weighted by Crippen LogP contribution is 2.30. The van der Waals surface area contributed by atoms with Crippen LogP contribution in [0, 0.1) is 0 Å². The predicted octanol–water partition coefficient (Wildman–Crippen LogP) is 2.61. The zero-order chi connectivity index (χ0) is 14.0. The molecule has 4 nitrogen and oxygen atoms in total. The first-order valence-corrected chi connectivity index (χ1v) is 7.00. The van der Waals surface area contributed by atoms with Gasteiger partial charge in [0, 0.05) is 18.8 Å². The van der Waals surface area contributed by atoms with Gasteiger partial charge < -0.3 is 20.7 Å². The topological polar surface area (TPSA) is 50.5 Å². The summed E-state index contributed by atoms with van der Waals surface area (Å²) in [5.41, 5.74) is 7.25. The molecule has 0 aromatic heterocycles. The van der Waals surface area contributed by atoms with E-state index in [0.29, 0.717) is 5.02 Å². The van der Waals surface area contributed by atoms with Crippen LogP contribution >= 0.6 is 23.8 Å². The van der Waals surface area contributed by atoms with Crippen LogP contribution in [-0.2, 0) is 4.74 Å². The summed E-state index contributed by atoms with van der Waals surface area (Å²) < 4.78 is 5.72. The summed E-state index contributed by atoms with van der Waals surface area (Å²) >= 11 is 11.1. The second-order valence-electron chi connectivity index (χ2n) is 4.82. The van der Waals surface area contributed by atoms with Gasteiger partial charge >= 0.3 is 0 Å². The lowest BCUT2D eigenvalue weighted by Crippen LogP contribution is -2.45. The zero-order valence-electron chi connectivity index (χ0n) is 11.0. The van der Waals surface area contributed by atoms with Gasteiger partial charge in [0.25, 0.3) is 0 Å². The molecule has 1 heterocycles. The van der Waals surface area contributed by atoms with Crippen molar-refractivity contribution in [1.82, 2.24) is 0 Å². The normalized spacial score (nSPS) is 23.2. The van der Waals surface area contributed by atoms with Gasteiger partial charge in [-0.3, -0.25) is 0 Å². The molecule has 1 aromatic carbocycles. The fourth-order valence-corrected chi connectivity index (χ4v) is 2.78. The number of hydrogen-bond donors (Lipinski definition) is 2. The van der Waals surface area contributed by atoms with Crippen molar-refractivity contribution in [2.24, 2.45) is 5.73 Å². The van der Waals surface area contributed by atoms with Gasteiger partial charge in [0.15, 0.2) is 5.11 Å². The quantitative estimate of drug-likeness (QED) is 0.822. The third kappa shape index (κ3) is 3.72. The Labute approximate surface area is 123 Å². The van der Waals surface area contributed by atoms with Crippen LogP contribution in [0.25, 0.3) is 0 Å². The fraction of sp³-hybridized carbons (Fsp3) is 0.462. The molecule has 0 bridgehead atoms. The Kier molecular flexibility index (Phi) is 4.50. The second-order valence-corrected chi connectivity index (χ2v) is 5.66. The minimum Gasteiger partial charge on any atom is -0.376 e. The van der Waals surface area contributed by atoms with E-state index in [-0.39, 0.29) is 17.3 Å². The van der Waals surface area contributed by atoms with E-state index < -0.39 is 0 Å². The molecule has 1 aliphatic rings. The molecule has 0 radical (unpaired) electrons. The monoisotopic (exact) mass is 299 g/mol. The lowest BCUT2D eigenvalue weighted by Gasteiger charge is -2.37. The fourth-order valence-electron chi connectivity index (χ4n) is 2.36. The summed E-state index contributed by atoms with van der Waals surface area (Å²) in [4.78, 5) is 2.24. The molecule has 0 aliphatic carbocycles. The predicted molar refractivity (Wildman–Crippen MR) is 84.1 cm³/mol. The molecule has 2 unspecified atom stereocenters. The van der Waals surface area contributed by atoms with Crippen molar-refractivity contribution in [3.8, 4) is 0 Å². The molecule has 1 saturated heterocycles. The average Bonchev–Trinajstić information content (AvgIpc) is 2.26. The van der Waals surface area contributed by atoms with Crippen LogP contribution in [-0.4, -0.2) is 30.4 Å². The van der Waals surface area contributed by atoms with Crippen molar-refractivity contribution in [2.75, 3.05) is 23.3 Å². The molecular formula is C13H18ClN3OS. The molecule has 6 heteroatoms. The van der Waals surface area contributed by atoms with Crippen LogP contribution in [0.3, 0.4) is 0 Å². The minimum absolute atomic E-state index is 0.203. The van der Waals surface area contributed by atoms with Crippen molar-refractivity contribution >= 4 is 40.3 Å². The molecule has 3 N–H and O–H groups in total. The van der Waals surface area contributed by atoms with Gasteiger partial charge in [-0.1, -0.05) is 11.6 Å². The Morgan fingerprint density at radius 1 is 1.42 bits per heavy atom. The summed E-state index contributed by atoms with van der Waals surface area (Å²) in [5.74, 6) is 0. The van der Waals surface area contributed by atoms with Crippen LogP contribution in [0.2, 0.25) is 5.02 Å². The first-order valence-electron chi connectivity index (χ1n) is 6.22. The maximum absolute atomic E-state index is 6.34. The lowest BCUT2D eigenvalue weighted by molar-refractivity contribution is -0.00520. The molecule has 0 saturated carbocycles. The maximum atomic E-state index is 6.34. The molecule has 19 heavy (non-hydrogen) atoms. The van der Waals surface area contributed by atoms with Crippen LogP contribution in [0.4, 0.5) is 11.4 Å². The molecule has 0 amide bonds. The second kappa shape index (κ2) is 5.94. The van der Waals surface area contributed by atoms with Crippen molar-refractivity contribution < 1.29 is 4.74 Å². The van der Waals surface area contributed by atoms with E-state index >= 15 is 0 Å². The van der Waals surface area contributed by atoms with E-state index in [4.69, 9.17) is 34.3 Å². The zero-order valence-corrected chi connectivity index (χ0v) is 12.6. The number of halogens is 1. The van der Waals surface area contributed by atoms with Crippen LogP contribution in [0.5, 0.6) is 0 Å². The summed E-state index contributed by atoms with van der Waals surface area (Å²) in [6, 6.07) is 5.74. The van der Waals surface area contributed by atoms with Crippen LogP contribution in [0.1, 0.15) is 13.8 Å². The number of thiocarbonyl (C=S) groups is 1. The number of nitrogens with zero attached hydrogens (tertiary/aromatic N) is 1. The van der Waals surface area contributed by atoms with E-state index in [0.717, 1.165) is 24.5 Å². The highest BCUT2D eigenvalue weighted by Gasteiger charge is 2.23. The molecule has 1 aromatic rings. The molecule has 1 fully saturated rings. The Balaban J connectivity index is 2.18. The Morgan fingerprint density at radius 3 is 2.58 bits per heavy atom. The minimum atomic E-state index is 0.203. The first-order chi connectivity index (χ1) is 8.95. The average molecular weight is 300 g/mol. The molecule has 2 rings (SSSR count). The third-order valence-corrected chi connectivity index (χ3v) is 3.38. The number of hydrogen-bond acceptors (Lipinski definition) is 3. The Morgan fingerprint density at radius 2 is 2.05 bits per heavy atom. The number of benzene rings is 1. The lowest BCUT2D eigenvalue weighted by atomic mass is 10.2. The van der Waals surface area contributed by atoms with Crippen molar-refractivity contribution in [2.45, 2.75) is 26.1 Å². The summed E-state index contributed by atoms with van der Waals surface area (Å²) in [5, 5.41) is 3.79. The van der Waals surface area contributed by atoms with Gasteiger partial charge in [-0.25, -0.2) is 0 Å².